The highest BCUT2D eigenvalue weighted by atomic mass is 19.1. The minimum Gasteiger partial charge on any atom is -0.465 e. The maximum absolute atomic E-state index is 15.1. The lowest BCUT2D eigenvalue weighted by atomic mass is 9.93. The minimum absolute atomic E-state index is 0.0568. The van der Waals surface area contributed by atoms with E-state index in [0.717, 1.165) is 40.0 Å². The molecule has 0 saturated heterocycles. The Labute approximate surface area is 230 Å². The maximum atomic E-state index is 15.1. The van der Waals surface area contributed by atoms with E-state index in [-0.39, 0.29) is 17.2 Å². The number of H-pyrrole nitrogens is 1. The van der Waals surface area contributed by atoms with Gasteiger partial charge in [-0.3, -0.25) is 14.3 Å². The summed E-state index contributed by atoms with van der Waals surface area (Å²) in [6.45, 7) is 5.37. The first-order valence-corrected chi connectivity index (χ1v) is 13.2. The van der Waals surface area contributed by atoms with Gasteiger partial charge in [0.1, 0.15) is 11.5 Å². The molecule has 9 heteroatoms. The molecule has 0 amide bonds. The predicted molar refractivity (Wildman–Crippen MR) is 153 cm³/mol. The van der Waals surface area contributed by atoms with E-state index in [2.05, 4.69) is 38.5 Å². The van der Waals surface area contributed by atoms with Crippen LogP contribution in [0.4, 0.5) is 4.39 Å². The monoisotopic (exact) mass is 539 g/mol. The third kappa shape index (κ3) is 4.14. The Morgan fingerprint density at radius 3 is 2.73 bits per heavy atom. The number of fused-ring (bicyclic) bond motifs is 2. The quantitative estimate of drug-likeness (QED) is 0.307. The summed E-state index contributed by atoms with van der Waals surface area (Å²) < 4.78 is 23.6. The standard InChI is InChI=1S/C31H30FN5O3/c1-18-15-21(31(39)40-4)16-24(32)28(18)20-7-12-36(13-8-20)19(2)27-17-23-26(6-11-34-29(23)35(27)3)37-14-9-25-22(30(37)38)5-10-33-25/h5-7,9-11,14-17,19,33H,8,12-13H2,1-4H3/t19-/m1/s1. The zero-order valence-corrected chi connectivity index (χ0v) is 22.9. The third-order valence-corrected chi connectivity index (χ3v) is 8.07. The maximum Gasteiger partial charge on any atom is 0.337 e. The number of nitrogens with one attached hydrogen (secondary N) is 1. The van der Waals surface area contributed by atoms with Crippen molar-refractivity contribution in [3.63, 3.8) is 0 Å². The number of methoxy groups -OCH3 is 1. The van der Waals surface area contributed by atoms with E-state index in [1.165, 1.54) is 13.2 Å². The molecule has 5 heterocycles. The molecular weight excluding hydrogens is 509 g/mol. The van der Waals surface area contributed by atoms with Crippen molar-refractivity contribution in [1.29, 1.82) is 0 Å². The Bertz CT molecular complexity index is 1860. The first-order chi connectivity index (χ1) is 19.3. The van der Waals surface area contributed by atoms with E-state index in [0.29, 0.717) is 29.5 Å². The van der Waals surface area contributed by atoms with E-state index in [9.17, 15) is 9.59 Å². The van der Waals surface area contributed by atoms with Gasteiger partial charge in [-0.2, -0.15) is 0 Å². The average Bonchev–Trinajstić information content (AvgIpc) is 3.58. The van der Waals surface area contributed by atoms with Crippen LogP contribution in [-0.2, 0) is 11.8 Å². The van der Waals surface area contributed by atoms with Crippen molar-refractivity contribution >= 4 is 33.5 Å². The number of hydrogen-bond acceptors (Lipinski definition) is 5. The van der Waals surface area contributed by atoms with Crippen LogP contribution in [0.3, 0.4) is 0 Å². The van der Waals surface area contributed by atoms with Gasteiger partial charge < -0.3 is 14.3 Å². The number of ether oxygens (including phenoxy) is 1. The molecule has 1 aromatic carbocycles. The summed E-state index contributed by atoms with van der Waals surface area (Å²) in [4.78, 5) is 35.2. The van der Waals surface area contributed by atoms with Crippen molar-refractivity contribution in [2.24, 2.45) is 7.05 Å². The summed E-state index contributed by atoms with van der Waals surface area (Å²) in [5, 5.41) is 1.54. The molecule has 0 fully saturated rings. The number of carbonyl (C=O) groups excluding carboxylic acids is 1. The molecule has 0 unspecified atom stereocenters. The van der Waals surface area contributed by atoms with Gasteiger partial charge in [-0.15, -0.1) is 0 Å². The molecule has 1 aliphatic rings. The van der Waals surface area contributed by atoms with E-state index < -0.39 is 11.8 Å². The van der Waals surface area contributed by atoms with Gasteiger partial charge in [-0.1, -0.05) is 6.08 Å². The van der Waals surface area contributed by atoms with Crippen LogP contribution < -0.4 is 5.56 Å². The highest BCUT2D eigenvalue weighted by Crippen LogP contribution is 2.34. The van der Waals surface area contributed by atoms with E-state index in [1.807, 2.05) is 26.1 Å². The van der Waals surface area contributed by atoms with Gasteiger partial charge in [0.2, 0.25) is 0 Å². The number of aromatic nitrogens is 4. The predicted octanol–water partition coefficient (Wildman–Crippen LogP) is 5.29. The molecule has 0 bridgehead atoms. The van der Waals surface area contributed by atoms with E-state index in [1.54, 1.807) is 35.3 Å². The summed E-state index contributed by atoms with van der Waals surface area (Å²) in [6, 6.07) is 10.7. The van der Waals surface area contributed by atoms with Crippen molar-refractivity contribution in [3.05, 3.63) is 99.6 Å². The molecule has 204 valence electrons. The van der Waals surface area contributed by atoms with Gasteiger partial charge in [0.25, 0.3) is 5.56 Å². The third-order valence-electron chi connectivity index (χ3n) is 8.07. The van der Waals surface area contributed by atoms with Gasteiger partial charge >= 0.3 is 5.97 Å². The number of esters is 1. The van der Waals surface area contributed by atoms with E-state index in [4.69, 9.17) is 4.74 Å². The fourth-order valence-electron chi connectivity index (χ4n) is 5.92. The van der Waals surface area contributed by atoms with Crippen LogP contribution >= 0.6 is 0 Å². The summed E-state index contributed by atoms with van der Waals surface area (Å²) >= 11 is 0. The zero-order valence-electron chi connectivity index (χ0n) is 22.9. The number of benzene rings is 1. The van der Waals surface area contributed by atoms with Crippen LogP contribution in [-0.4, -0.2) is 50.2 Å². The summed E-state index contributed by atoms with van der Waals surface area (Å²) in [7, 11) is 3.29. The van der Waals surface area contributed by atoms with Crippen LogP contribution in [0.15, 0.2) is 65.9 Å². The summed E-state index contributed by atoms with van der Waals surface area (Å²) in [5.74, 6) is -0.956. The molecule has 0 spiro atoms. The van der Waals surface area contributed by atoms with Gasteiger partial charge in [-0.05, 0) is 67.8 Å². The highest BCUT2D eigenvalue weighted by Gasteiger charge is 2.25. The number of hydrogen-bond donors (Lipinski definition) is 1. The van der Waals surface area contributed by atoms with Crippen molar-refractivity contribution in [2.45, 2.75) is 26.3 Å². The molecule has 0 saturated carbocycles. The molecule has 5 aromatic rings. The second-order valence-corrected chi connectivity index (χ2v) is 10.3. The number of rotatable bonds is 5. The number of pyridine rings is 2. The number of aryl methyl sites for hydroxylation is 2. The lowest BCUT2D eigenvalue weighted by molar-refractivity contribution is 0.0600. The van der Waals surface area contributed by atoms with Gasteiger partial charge in [0, 0.05) is 61.4 Å². The second kappa shape index (κ2) is 9.91. The molecule has 4 aromatic heterocycles. The van der Waals surface area contributed by atoms with Gasteiger partial charge in [-0.25, -0.2) is 14.2 Å². The first-order valence-electron chi connectivity index (χ1n) is 13.2. The molecule has 6 rings (SSSR count). The lowest BCUT2D eigenvalue weighted by Crippen LogP contribution is -2.32. The van der Waals surface area contributed by atoms with Crippen LogP contribution in [0.25, 0.3) is 33.2 Å². The Morgan fingerprint density at radius 2 is 2.00 bits per heavy atom. The van der Waals surface area contributed by atoms with Crippen molar-refractivity contribution in [3.8, 4) is 5.69 Å². The zero-order chi connectivity index (χ0) is 28.1. The molecular formula is C31H30FN5O3. The van der Waals surface area contributed by atoms with Crippen molar-refractivity contribution in [2.75, 3.05) is 20.2 Å². The Kier molecular flexibility index (Phi) is 6.38. The molecule has 0 aliphatic carbocycles. The normalized spacial score (nSPS) is 15.0. The van der Waals surface area contributed by atoms with Crippen LogP contribution in [0.1, 0.15) is 46.6 Å². The smallest absolute Gasteiger partial charge is 0.337 e. The SMILES string of the molecule is COC(=O)c1cc(C)c(C2=CCN([C@H](C)c3cc4c(-n5ccc6[nH]ccc6c5=O)ccnc4n3C)CC2)c(F)c1. The Balaban J connectivity index is 1.31. The minimum atomic E-state index is -0.548. The van der Waals surface area contributed by atoms with Gasteiger partial charge in [0.05, 0.1) is 29.3 Å². The van der Waals surface area contributed by atoms with Gasteiger partial charge in [0.15, 0.2) is 0 Å². The Hall–Kier alpha value is -4.50. The van der Waals surface area contributed by atoms with E-state index >= 15 is 4.39 Å². The van der Waals surface area contributed by atoms with Crippen LogP contribution in [0.2, 0.25) is 0 Å². The summed E-state index contributed by atoms with van der Waals surface area (Å²) in [5.41, 5.74) is 5.82. The lowest BCUT2D eigenvalue weighted by Gasteiger charge is -2.32. The number of carbonyl (C=O) groups is 1. The van der Waals surface area contributed by atoms with Crippen molar-refractivity contribution < 1.29 is 13.9 Å². The first kappa shape index (κ1) is 25.8. The topological polar surface area (TPSA) is 85.2 Å². The molecule has 8 nitrogen and oxygen atoms in total. The molecule has 1 N–H and O–H groups in total. The molecule has 0 radical (unpaired) electrons. The largest absolute Gasteiger partial charge is 0.465 e. The number of aromatic amines is 1. The fourth-order valence-corrected chi connectivity index (χ4v) is 5.92. The second-order valence-electron chi connectivity index (χ2n) is 10.3. The Morgan fingerprint density at radius 1 is 1.18 bits per heavy atom. The highest BCUT2D eigenvalue weighted by molar-refractivity contribution is 5.90. The summed E-state index contributed by atoms with van der Waals surface area (Å²) in [6.07, 6.45) is 8.05. The van der Waals surface area contributed by atoms with Crippen LogP contribution in [0, 0.1) is 12.7 Å². The number of nitrogens with zero attached hydrogens (tertiary/aromatic N) is 4. The average molecular weight is 540 g/mol. The van der Waals surface area contributed by atoms with Crippen molar-refractivity contribution in [1.82, 2.24) is 24.0 Å². The van der Waals surface area contributed by atoms with Crippen LogP contribution in [0.5, 0.6) is 0 Å². The molecule has 1 atom stereocenters. The number of halogens is 1. The fraction of sp³-hybridized carbons (Fsp3) is 0.258. The molecule has 1 aliphatic heterocycles. The molecule has 40 heavy (non-hydrogen) atoms.